The molecule has 2 saturated heterocycles. The summed E-state index contributed by atoms with van der Waals surface area (Å²) in [5.41, 5.74) is 0.438. The van der Waals surface area contributed by atoms with Gasteiger partial charge in [0, 0.05) is 6.54 Å². The van der Waals surface area contributed by atoms with Crippen LogP contribution < -0.4 is 0 Å². The molecule has 0 aliphatic carbocycles. The summed E-state index contributed by atoms with van der Waals surface area (Å²) in [6, 6.07) is 10.1. The van der Waals surface area contributed by atoms with E-state index in [1.165, 1.54) is 0 Å². The van der Waals surface area contributed by atoms with Crippen LogP contribution in [-0.4, -0.2) is 48.0 Å². The highest BCUT2D eigenvalue weighted by Gasteiger charge is 2.55. The molecule has 0 radical (unpaired) electrons. The van der Waals surface area contributed by atoms with Gasteiger partial charge in [0.25, 0.3) is 0 Å². The number of hydrogen-bond acceptors (Lipinski definition) is 4. The number of benzene rings is 1. The van der Waals surface area contributed by atoms with Crippen molar-refractivity contribution in [1.29, 1.82) is 0 Å². The lowest BCUT2D eigenvalue weighted by Crippen LogP contribution is -2.53. The molecular formula is C18H25NO4. The molecule has 1 aromatic carbocycles. The molecule has 0 bridgehead atoms. The van der Waals surface area contributed by atoms with E-state index < -0.39 is 5.60 Å². The maximum atomic E-state index is 12.3. The van der Waals surface area contributed by atoms with Gasteiger partial charge >= 0.3 is 6.09 Å². The first-order chi connectivity index (χ1) is 10.9. The Morgan fingerprint density at radius 1 is 1.35 bits per heavy atom. The molecule has 1 amide bonds. The quantitative estimate of drug-likeness (QED) is 0.804. The molecule has 2 unspecified atom stereocenters. The fraction of sp³-hybridized carbons (Fsp3) is 0.611. The highest BCUT2D eigenvalue weighted by atomic mass is 16.6. The van der Waals surface area contributed by atoms with Gasteiger partial charge in [-0.25, -0.2) is 4.79 Å². The van der Waals surface area contributed by atoms with Gasteiger partial charge in [0.05, 0.1) is 19.8 Å². The molecule has 5 nitrogen and oxygen atoms in total. The minimum atomic E-state index is -0.483. The van der Waals surface area contributed by atoms with Crippen LogP contribution in [0.4, 0.5) is 4.79 Å². The van der Waals surface area contributed by atoms with Crippen LogP contribution in [0.25, 0.3) is 0 Å². The summed E-state index contributed by atoms with van der Waals surface area (Å²) in [5.74, 6) is 0. The number of rotatable bonds is 3. The maximum Gasteiger partial charge on any atom is 0.410 e. The van der Waals surface area contributed by atoms with E-state index in [-0.39, 0.29) is 17.8 Å². The molecule has 2 aliphatic heterocycles. The highest BCUT2D eigenvalue weighted by molar-refractivity contribution is 5.68. The van der Waals surface area contributed by atoms with E-state index in [4.69, 9.17) is 14.2 Å². The fourth-order valence-corrected chi connectivity index (χ4v) is 2.83. The number of ether oxygens (including phenoxy) is 3. The Morgan fingerprint density at radius 3 is 2.65 bits per heavy atom. The van der Waals surface area contributed by atoms with Crippen LogP contribution in [0, 0.1) is 0 Å². The van der Waals surface area contributed by atoms with Crippen LogP contribution in [0.15, 0.2) is 30.3 Å². The predicted molar refractivity (Wildman–Crippen MR) is 86.1 cm³/mol. The van der Waals surface area contributed by atoms with Gasteiger partial charge in [0.1, 0.15) is 17.3 Å². The Morgan fingerprint density at radius 2 is 2.04 bits per heavy atom. The summed E-state index contributed by atoms with van der Waals surface area (Å²) in [7, 11) is 0. The third-order valence-corrected chi connectivity index (χ3v) is 4.24. The van der Waals surface area contributed by atoms with Crippen LogP contribution >= 0.6 is 0 Å². The molecule has 0 N–H and O–H groups in total. The van der Waals surface area contributed by atoms with Gasteiger partial charge in [-0.2, -0.15) is 0 Å². The van der Waals surface area contributed by atoms with Crippen LogP contribution in [0.5, 0.6) is 0 Å². The lowest BCUT2D eigenvalue weighted by atomic mass is 9.94. The number of carbonyl (C=O) groups excluding carboxylic acids is 1. The first-order valence-electron chi connectivity index (χ1n) is 8.15. The summed E-state index contributed by atoms with van der Waals surface area (Å²) < 4.78 is 17.2. The lowest BCUT2D eigenvalue weighted by molar-refractivity contribution is -0.0636. The molecule has 2 atom stereocenters. The normalized spacial score (nSPS) is 27.1. The standard InChI is InChI=1S/C18H25NO4/c1-17(2,3)23-16(20)19-10-9-18(13-22-18)15(11-19)21-12-14-7-5-4-6-8-14/h4-8,15H,9-13H2,1-3H3. The Kier molecular flexibility index (Phi) is 4.34. The van der Waals surface area contributed by atoms with Crippen molar-refractivity contribution in [3.8, 4) is 0 Å². The molecule has 2 fully saturated rings. The van der Waals surface area contributed by atoms with Crippen molar-refractivity contribution < 1.29 is 19.0 Å². The zero-order valence-corrected chi connectivity index (χ0v) is 14.1. The smallest absolute Gasteiger partial charge is 0.410 e. The highest BCUT2D eigenvalue weighted by Crippen LogP contribution is 2.40. The van der Waals surface area contributed by atoms with Crippen molar-refractivity contribution in [3.63, 3.8) is 0 Å². The number of epoxide rings is 1. The molecule has 0 saturated carbocycles. The topological polar surface area (TPSA) is 51.3 Å². The molecular weight excluding hydrogens is 294 g/mol. The molecule has 23 heavy (non-hydrogen) atoms. The van der Waals surface area contributed by atoms with Crippen molar-refractivity contribution in [1.82, 2.24) is 4.90 Å². The van der Waals surface area contributed by atoms with Gasteiger partial charge in [-0.05, 0) is 32.8 Å². The van der Waals surface area contributed by atoms with Crippen LogP contribution in [0.3, 0.4) is 0 Å². The molecule has 126 valence electrons. The Hall–Kier alpha value is -1.59. The third kappa shape index (κ3) is 4.03. The fourth-order valence-electron chi connectivity index (χ4n) is 2.83. The van der Waals surface area contributed by atoms with E-state index in [1.807, 2.05) is 51.1 Å². The minimum absolute atomic E-state index is 0.107. The van der Waals surface area contributed by atoms with Crippen LogP contribution in [-0.2, 0) is 20.8 Å². The van der Waals surface area contributed by atoms with Crippen molar-refractivity contribution in [2.75, 3.05) is 19.7 Å². The van der Waals surface area contributed by atoms with Gasteiger partial charge in [0.2, 0.25) is 0 Å². The Labute approximate surface area is 137 Å². The maximum absolute atomic E-state index is 12.3. The minimum Gasteiger partial charge on any atom is -0.444 e. The number of nitrogens with zero attached hydrogens (tertiary/aromatic N) is 1. The summed E-state index contributed by atoms with van der Waals surface area (Å²) >= 11 is 0. The Balaban J connectivity index is 1.60. The van der Waals surface area contributed by atoms with E-state index >= 15 is 0 Å². The third-order valence-electron chi connectivity index (χ3n) is 4.24. The van der Waals surface area contributed by atoms with E-state index in [1.54, 1.807) is 4.90 Å². The van der Waals surface area contributed by atoms with E-state index in [9.17, 15) is 4.79 Å². The molecule has 2 aliphatic rings. The van der Waals surface area contributed by atoms with Gasteiger partial charge < -0.3 is 19.1 Å². The van der Waals surface area contributed by atoms with Gasteiger partial charge in [-0.1, -0.05) is 30.3 Å². The summed E-state index contributed by atoms with van der Waals surface area (Å²) in [4.78, 5) is 14.0. The molecule has 1 aromatic rings. The van der Waals surface area contributed by atoms with Crippen LogP contribution in [0.2, 0.25) is 0 Å². The number of hydrogen-bond donors (Lipinski definition) is 0. The first-order valence-corrected chi connectivity index (χ1v) is 8.15. The number of likely N-dealkylation sites (tertiary alicyclic amines) is 1. The van der Waals surface area contributed by atoms with E-state index in [2.05, 4.69) is 0 Å². The molecule has 3 rings (SSSR count). The predicted octanol–water partition coefficient (Wildman–Crippen LogP) is 2.98. The molecule has 5 heteroatoms. The van der Waals surface area contributed by atoms with Crippen LogP contribution in [0.1, 0.15) is 32.8 Å². The molecule has 0 aromatic heterocycles. The lowest BCUT2D eigenvalue weighted by Gasteiger charge is -2.37. The number of piperidine rings is 1. The average Bonchev–Trinajstić information content (AvgIpc) is 3.26. The zero-order valence-electron chi connectivity index (χ0n) is 14.1. The summed E-state index contributed by atoms with van der Waals surface area (Å²) in [6.45, 7) is 8.05. The van der Waals surface area contributed by atoms with Gasteiger partial charge in [-0.15, -0.1) is 0 Å². The second kappa shape index (κ2) is 6.13. The zero-order chi connectivity index (χ0) is 16.5. The van der Waals surface area contributed by atoms with E-state index in [0.29, 0.717) is 26.3 Å². The van der Waals surface area contributed by atoms with Crippen molar-refractivity contribution in [2.24, 2.45) is 0 Å². The average molecular weight is 319 g/mol. The summed E-state index contributed by atoms with van der Waals surface area (Å²) in [5, 5.41) is 0. The summed E-state index contributed by atoms with van der Waals surface area (Å²) in [6.07, 6.45) is 0.413. The van der Waals surface area contributed by atoms with E-state index in [0.717, 1.165) is 12.0 Å². The monoisotopic (exact) mass is 319 g/mol. The number of amides is 1. The molecule has 1 spiro atoms. The van der Waals surface area contributed by atoms with Gasteiger partial charge in [-0.3, -0.25) is 0 Å². The van der Waals surface area contributed by atoms with Crippen molar-refractivity contribution in [3.05, 3.63) is 35.9 Å². The first kappa shape index (κ1) is 16.3. The molecule has 2 heterocycles. The second-order valence-corrected chi connectivity index (χ2v) is 7.32. The van der Waals surface area contributed by atoms with Gasteiger partial charge in [0.15, 0.2) is 0 Å². The number of carbonyl (C=O) groups is 1. The Bertz CT molecular complexity index is 548. The second-order valence-electron chi connectivity index (χ2n) is 7.32. The van der Waals surface area contributed by atoms with Crippen molar-refractivity contribution >= 4 is 6.09 Å². The largest absolute Gasteiger partial charge is 0.444 e. The van der Waals surface area contributed by atoms with Crippen molar-refractivity contribution in [2.45, 2.75) is 51.1 Å². The SMILES string of the molecule is CC(C)(C)OC(=O)N1CCC2(CO2)C(OCc2ccccc2)C1.